The minimum atomic E-state index is -3.37. The van der Waals surface area contributed by atoms with Crippen molar-refractivity contribution in [2.45, 2.75) is 50.7 Å². The van der Waals surface area contributed by atoms with Crippen LogP contribution in [-0.4, -0.2) is 38.7 Å². The Morgan fingerprint density at radius 2 is 1.83 bits per heavy atom. The predicted molar refractivity (Wildman–Crippen MR) is 97.3 cm³/mol. The van der Waals surface area contributed by atoms with E-state index in [1.165, 1.54) is 12.8 Å². The molecule has 134 valence electrons. The maximum absolute atomic E-state index is 12.5. The highest BCUT2D eigenvalue weighted by Crippen LogP contribution is 2.27. The zero-order valence-electron chi connectivity index (χ0n) is 13.8. The van der Waals surface area contributed by atoms with Crippen LogP contribution in [0.5, 0.6) is 0 Å². The molecular formula is C16H24ClN3O3S. The minimum absolute atomic E-state index is 0. The molecule has 3 rings (SSSR count). The normalized spacial score (nSPS) is 25.7. The van der Waals surface area contributed by atoms with Crippen molar-refractivity contribution in [1.82, 2.24) is 10.6 Å². The Bertz CT molecular complexity index is 711. The van der Waals surface area contributed by atoms with Gasteiger partial charge in [0, 0.05) is 23.7 Å². The molecule has 0 spiro atoms. The molecule has 2 aliphatic rings. The van der Waals surface area contributed by atoms with Gasteiger partial charge < -0.3 is 10.6 Å². The average molecular weight is 374 g/mol. The maximum atomic E-state index is 12.5. The number of carbonyl (C=O) groups is 1. The molecule has 0 aromatic heterocycles. The molecule has 2 aliphatic heterocycles. The molecular weight excluding hydrogens is 350 g/mol. The van der Waals surface area contributed by atoms with Crippen molar-refractivity contribution in [1.29, 1.82) is 0 Å². The molecule has 1 aromatic carbocycles. The van der Waals surface area contributed by atoms with Crippen LogP contribution in [0.1, 0.15) is 41.6 Å². The van der Waals surface area contributed by atoms with E-state index in [0.717, 1.165) is 24.7 Å². The lowest BCUT2D eigenvalue weighted by Gasteiger charge is -2.29. The monoisotopic (exact) mass is 373 g/mol. The number of amides is 1. The summed E-state index contributed by atoms with van der Waals surface area (Å²) in [6.45, 7) is 1.81. The number of piperidine rings is 1. The second kappa shape index (κ2) is 7.29. The van der Waals surface area contributed by atoms with E-state index in [-0.39, 0.29) is 24.4 Å². The molecule has 2 saturated heterocycles. The fourth-order valence-electron chi connectivity index (χ4n) is 3.52. The lowest BCUT2D eigenvalue weighted by molar-refractivity contribution is 0.0924. The first kappa shape index (κ1) is 19.0. The lowest BCUT2D eigenvalue weighted by Crippen LogP contribution is -2.48. The van der Waals surface area contributed by atoms with Gasteiger partial charge in [-0.25, -0.2) is 8.42 Å². The summed E-state index contributed by atoms with van der Waals surface area (Å²) >= 11 is 0. The van der Waals surface area contributed by atoms with Gasteiger partial charge >= 0.3 is 0 Å². The number of nitrogens with one attached hydrogen (secondary N) is 3. The van der Waals surface area contributed by atoms with Crippen molar-refractivity contribution in [3.05, 3.63) is 29.3 Å². The summed E-state index contributed by atoms with van der Waals surface area (Å²) in [7, 11) is -3.37. The summed E-state index contributed by atoms with van der Waals surface area (Å²) in [5.41, 5.74) is 1.71. The van der Waals surface area contributed by atoms with Gasteiger partial charge in [0.2, 0.25) is 10.0 Å². The van der Waals surface area contributed by atoms with Gasteiger partial charge in [-0.1, -0.05) is 6.07 Å². The molecule has 2 unspecified atom stereocenters. The van der Waals surface area contributed by atoms with E-state index in [1.54, 1.807) is 25.1 Å². The van der Waals surface area contributed by atoms with Crippen LogP contribution in [0.15, 0.2) is 18.2 Å². The minimum Gasteiger partial charge on any atom is -0.349 e. The van der Waals surface area contributed by atoms with E-state index in [4.69, 9.17) is 0 Å². The zero-order valence-corrected chi connectivity index (χ0v) is 15.5. The number of benzene rings is 1. The van der Waals surface area contributed by atoms with Gasteiger partial charge in [-0.15, -0.1) is 12.4 Å². The number of halogens is 1. The average Bonchev–Trinajstić information content (AvgIpc) is 2.79. The van der Waals surface area contributed by atoms with Gasteiger partial charge in [-0.3, -0.25) is 9.52 Å². The molecule has 6 nitrogen and oxygen atoms in total. The first-order valence-corrected chi connectivity index (χ1v) is 9.84. The molecule has 1 aromatic rings. The van der Waals surface area contributed by atoms with Gasteiger partial charge in [0.05, 0.1) is 11.9 Å². The quantitative estimate of drug-likeness (QED) is 0.751. The van der Waals surface area contributed by atoms with Crippen molar-refractivity contribution in [2.75, 3.05) is 11.0 Å². The molecule has 24 heavy (non-hydrogen) atoms. The van der Waals surface area contributed by atoms with Gasteiger partial charge in [0.25, 0.3) is 5.91 Å². The van der Waals surface area contributed by atoms with Crippen molar-refractivity contribution >= 4 is 34.0 Å². The Kier molecular flexibility index (Phi) is 5.78. The summed E-state index contributed by atoms with van der Waals surface area (Å²) in [4.78, 5) is 12.5. The maximum Gasteiger partial charge on any atom is 0.251 e. The van der Waals surface area contributed by atoms with E-state index >= 15 is 0 Å². The van der Waals surface area contributed by atoms with Crippen LogP contribution in [0.3, 0.4) is 0 Å². The van der Waals surface area contributed by atoms with E-state index in [2.05, 4.69) is 15.4 Å². The highest BCUT2D eigenvalue weighted by molar-refractivity contribution is 7.92. The Hall–Kier alpha value is -1.31. The molecule has 2 heterocycles. The smallest absolute Gasteiger partial charge is 0.251 e. The van der Waals surface area contributed by atoms with Crippen LogP contribution in [0.25, 0.3) is 0 Å². The first-order chi connectivity index (χ1) is 10.8. The molecule has 0 saturated carbocycles. The summed E-state index contributed by atoms with van der Waals surface area (Å²) in [5, 5.41) is 6.64. The SMILES string of the molecule is Cc1ccc(C(=O)NC2CC3CCC(C2)N3)cc1NS(C)(=O)=O.Cl. The first-order valence-electron chi connectivity index (χ1n) is 7.95. The van der Waals surface area contributed by atoms with Gasteiger partial charge in [-0.2, -0.15) is 0 Å². The number of anilines is 1. The third-order valence-electron chi connectivity index (χ3n) is 4.60. The molecule has 0 radical (unpaired) electrons. The van der Waals surface area contributed by atoms with E-state index in [1.807, 2.05) is 0 Å². The third kappa shape index (κ3) is 4.62. The van der Waals surface area contributed by atoms with Crippen LogP contribution < -0.4 is 15.4 Å². The molecule has 2 bridgehead atoms. The van der Waals surface area contributed by atoms with Gasteiger partial charge in [0.1, 0.15) is 0 Å². The molecule has 8 heteroatoms. The van der Waals surface area contributed by atoms with Crippen molar-refractivity contribution in [2.24, 2.45) is 0 Å². The Balaban J connectivity index is 0.00000208. The Morgan fingerprint density at radius 1 is 1.21 bits per heavy atom. The fourth-order valence-corrected chi connectivity index (χ4v) is 4.14. The summed E-state index contributed by atoms with van der Waals surface area (Å²) in [6, 6.07) is 6.30. The molecule has 3 N–H and O–H groups in total. The van der Waals surface area contributed by atoms with Crippen LogP contribution in [0.4, 0.5) is 5.69 Å². The van der Waals surface area contributed by atoms with Crippen LogP contribution in [0.2, 0.25) is 0 Å². The predicted octanol–water partition coefficient (Wildman–Crippen LogP) is 1.80. The molecule has 1 amide bonds. The summed E-state index contributed by atoms with van der Waals surface area (Å²) in [6.07, 6.45) is 5.39. The number of hydrogen-bond donors (Lipinski definition) is 3. The summed E-state index contributed by atoms with van der Waals surface area (Å²) in [5.74, 6) is -0.146. The number of rotatable bonds is 4. The van der Waals surface area contributed by atoms with E-state index in [9.17, 15) is 13.2 Å². The molecule has 0 aliphatic carbocycles. The van der Waals surface area contributed by atoms with Crippen LogP contribution >= 0.6 is 12.4 Å². The van der Waals surface area contributed by atoms with E-state index in [0.29, 0.717) is 23.3 Å². The second-order valence-electron chi connectivity index (χ2n) is 6.68. The Labute approximate surface area is 149 Å². The van der Waals surface area contributed by atoms with Crippen LogP contribution in [-0.2, 0) is 10.0 Å². The number of aryl methyl sites for hydroxylation is 1. The fraction of sp³-hybridized carbons (Fsp3) is 0.562. The number of hydrogen-bond acceptors (Lipinski definition) is 4. The van der Waals surface area contributed by atoms with E-state index < -0.39 is 10.0 Å². The summed E-state index contributed by atoms with van der Waals surface area (Å²) < 4.78 is 25.3. The standard InChI is InChI=1S/C16H23N3O3S.ClH/c1-10-3-4-11(7-15(10)19-23(2,21)22)16(20)18-14-8-12-5-6-13(9-14)17-12;/h3-4,7,12-14,17,19H,5-6,8-9H2,1-2H3,(H,18,20);1H. The Morgan fingerprint density at radius 3 is 2.42 bits per heavy atom. The van der Waals surface area contributed by atoms with Crippen molar-refractivity contribution in [3.63, 3.8) is 0 Å². The lowest BCUT2D eigenvalue weighted by atomic mass is 9.99. The molecule has 2 atom stereocenters. The highest BCUT2D eigenvalue weighted by Gasteiger charge is 2.34. The third-order valence-corrected chi connectivity index (χ3v) is 5.19. The zero-order chi connectivity index (χ0) is 16.6. The van der Waals surface area contributed by atoms with Gasteiger partial charge in [-0.05, 0) is 50.3 Å². The van der Waals surface area contributed by atoms with Gasteiger partial charge in [0.15, 0.2) is 0 Å². The second-order valence-corrected chi connectivity index (χ2v) is 8.43. The molecule has 2 fully saturated rings. The number of carbonyl (C=O) groups excluding carboxylic acids is 1. The van der Waals surface area contributed by atoms with Crippen LogP contribution in [0, 0.1) is 6.92 Å². The number of sulfonamides is 1. The van der Waals surface area contributed by atoms with Crippen molar-refractivity contribution in [3.8, 4) is 0 Å². The topological polar surface area (TPSA) is 87.3 Å². The number of fused-ring (bicyclic) bond motifs is 2. The van der Waals surface area contributed by atoms with Crippen molar-refractivity contribution < 1.29 is 13.2 Å². The largest absolute Gasteiger partial charge is 0.349 e. The highest BCUT2D eigenvalue weighted by atomic mass is 35.5.